The zero-order valence-electron chi connectivity index (χ0n) is 19.6. The second-order valence-corrected chi connectivity index (χ2v) is 23.5. The van der Waals surface area contributed by atoms with E-state index in [-0.39, 0.29) is 18.2 Å². The predicted octanol–water partition coefficient (Wildman–Crippen LogP) is 6.84. The summed E-state index contributed by atoms with van der Waals surface area (Å²) in [6.07, 6.45) is 11.1. The van der Waals surface area contributed by atoms with Crippen LogP contribution < -0.4 is 5.32 Å². The van der Waals surface area contributed by atoms with Gasteiger partial charge in [0.1, 0.15) is 0 Å². The normalized spacial score (nSPS) is 20.4. The van der Waals surface area contributed by atoms with Gasteiger partial charge in [-0.3, -0.25) is 0 Å². The molecule has 0 radical (unpaired) electrons. The molecule has 0 aliphatic heterocycles. The summed E-state index contributed by atoms with van der Waals surface area (Å²) in [5, 5.41) is 3.09. The van der Waals surface area contributed by atoms with Crippen LogP contribution in [-0.4, -0.2) is 46.8 Å². The summed E-state index contributed by atoms with van der Waals surface area (Å²) in [6, 6.07) is 0.113. The van der Waals surface area contributed by atoms with Gasteiger partial charge in [-0.1, -0.05) is 0 Å². The number of carbonyl (C=O) groups is 1. The van der Waals surface area contributed by atoms with Gasteiger partial charge in [-0.2, -0.15) is 0 Å². The Hall–Kier alpha value is 0.0287. The van der Waals surface area contributed by atoms with E-state index < -0.39 is 24.0 Å². The van der Waals surface area contributed by atoms with Gasteiger partial charge in [-0.05, 0) is 0 Å². The van der Waals surface area contributed by atoms with Gasteiger partial charge < -0.3 is 0 Å². The molecular formula is C23H47NO3Sn. The molecule has 0 aromatic rings. The Morgan fingerprint density at radius 3 is 1.96 bits per heavy atom. The SMILES string of the molecule is CCC[CH2][Sn]([CH2]CCC)([CH2]CCC)[CH2]OC1CCCC1NC(=O)OC(C)(C)C. The molecule has 1 N–H and O–H groups in total. The number of alkyl carbamates (subject to hydrolysis) is 1. The van der Waals surface area contributed by atoms with Crippen molar-refractivity contribution < 1.29 is 14.3 Å². The molecule has 1 saturated carbocycles. The molecule has 5 heteroatoms. The molecule has 0 spiro atoms. The fourth-order valence-corrected chi connectivity index (χ4v) is 18.7. The van der Waals surface area contributed by atoms with Crippen molar-refractivity contribution in [3.63, 3.8) is 0 Å². The number of unbranched alkanes of at least 4 members (excludes halogenated alkanes) is 3. The average Bonchev–Trinajstić information content (AvgIpc) is 3.06. The maximum atomic E-state index is 12.2. The van der Waals surface area contributed by atoms with Crippen molar-refractivity contribution in [3.05, 3.63) is 0 Å². The quantitative estimate of drug-likeness (QED) is 0.280. The molecule has 1 fully saturated rings. The fraction of sp³-hybridized carbons (Fsp3) is 0.957. The van der Waals surface area contributed by atoms with Gasteiger partial charge >= 0.3 is 179 Å². The molecule has 0 saturated heterocycles. The number of ether oxygens (including phenoxy) is 2. The summed E-state index contributed by atoms with van der Waals surface area (Å²) in [6.45, 7) is 12.7. The van der Waals surface area contributed by atoms with E-state index in [4.69, 9.17) is 9.47 Å². The number of hydrogen-bond donors (Lipinski definition) is 1. The van der Waals surface area contributed by atoms with Crippen LogP contribution in [0.5, 0.6) is 0 Å². The first kappa shape index (κ1) is 26.1. The van der Waals surface area contributed by atoms with E-state index in [1.807, 2.05) is 20.8 Å². The molecule has 166 valence electrons. The van der Waals surface area contributed by atoms with Crippen molar-refractivity contribution in [1.82, 2.24) is 5.32 Å². The fourth-order valence-electron chi connectivity index (χ4n) is 4.28. The van der Waals surface area contributed by atoms with Crippen molar-refractivity contribution in [2.75, 3.05) is 4.62 Å². The van der Waals surface area contributed by atoms with E-state index in [0.717, 1.165) is 23.9 Å². The third-order valence-corrected chi connectivity index (χ3v) is 20.3. The van der Waals surface area contributed by atoms with E-state index in [1.54, 1.807) is 0 Å². The number of amides is 1. The van der Waals surface area contributed by atoms with Gasteiger partial charge in [0.15, 0.2) is 0 Å². The summed E-state index contributed by atoms with van der Waals surface area (Å²) >= 11 is -2.27. The minimum atomic E-state index is -2.27. The van der Waals surface area contributed by atoms with Crippen LogP contribution in [0.3, 0.4) is 0 Å². The molecule has 28 heavy (non-hydrogen) atoms. The van der Waals surface area contributed by atoms with Crippen LogP contribution in [0.4, 0.5) is 4.79 Å². The number of nitrogens with one attached hydrogen (secondary N) is 1. The summed E-state index contributed by atoms with van der Waals surface area (Å²) in [7, 11) is 0. The van der Waals surface area contributed by atoms with Crippen molar-refractivity contribution in [1.29, 1.82) is 0 Å². The first-order valence-electron chi connectivity index (χ1n) is 11.9. The summed E-state index contributed by atoms with van der Waals surface area (Å²) in [5.41, 5.74) is -0.453. The van der Waals surface area contributed by atoms with Crippen molar-refractivity contribution in [2.45, 2.75) is 130 Å². The molecular weight excluding hydrogens is 457 g/mol. The Kier molecular flexibility index (Phi) is 12.4. The van der Waals surface area contributed by atoms with Crippen LogP contribution in [0.15, 0.2) is 0 Å². The molecule has 0 aromatic heterocycles. The Balaban J connectivity index is 2.69. The van der Waals surface area contributed by atoms with Crippen LogP contribution >= 0.6 is 0 Å². The predicted molar refractivity (Wildman–Crippen MR) is 122 cm³/mol. The molecule has 2 atom stereocenters. The molecule has 1 aliphatic rings. The Labute approximate surface area is 178 Å². The molecule has 4 nitrogen and oxygen atoms in total. The van der Waals surface area contributed by atoms with Crippen molar-refractivity contribution in [2.24, 2.45) is 0 Å². The topological polar surface area (TPSA) is 47.6 Å². The van der Waals surface area contributed by atoms with Crippen molar-refractivity contribution >= 4 is 24.5 Å². The third kappa shape index (κ3) is 10.2. The molecule has 1 amide bonds. The average molecular weight is 504 g/mol. The molecule has 1 aliphatic carbocycles. The van der Waals surface area contributed by atoms with E-state index in [1.165, 1.54) is 51.8 Å². The van der Waals surface area contributed by atoms with Crippen LogP contribution in [0.1, 0.15) is 99.3 Å². The Morgan fingerprint density at radius 1 is 0.964 bits per heavy atom. The summed E-state index contributed by atoms with van der Waals surface area (Å²) < 4.78 is 17.6. The summed E-state index contributed by atoms with van der Waals surface area (Å²) in [4.78, 5) is 12.2. The zero-order valence-corrected chi connectivity index (χ0v) is 22.4. The van der Waals surface area contributed by atoms with Crippen LogP contribution in [-0.2, 0) is 9.47 Å². The molecule has 1 rings (SSSR count). The standard InChI is InChI=1S/C11H20NO3.3C4H9.Sn/c1-11(2,3)15-10(13)12-8-6-5-7-9(8)14-4;3*1-3-4-2;/h8-9H,4-7H2,1-3H3,(H,12,13);3*1,3-4H2,2H3;. The van der Waals surface area contributed by atoms with Gasteiger partial charge in [-0.25, -0.2) is 0 Å². The Morgan fingerprint density at radius 2 is 1.50 bits per heavy atom. The summed E-state index contributed by atoms with van der Waals surface area (Å²) in [5.74, 6) is 0. The van der Waals surface area contributed by atoms with Gasteiger partial charge in [0.2, 0.25) is 0 Å². The van der Waals surface area contributed by atoms with Gasteiger partial charge in [-0.15, -0.1) is 0 Å². The second kappa shape index (κ2) is 13.4. The third-order valence-electron chi connectivity index (χ3n) is 5.94. The first-order chi connectivity index (χ1) is 13.2. The Bertz CT molecular complexity index is 414. The molecule has 0 bridgehead atoms. The first-order valence-corrected chi connectivity index (χ1v) is 19.9. The number of rotatable bonds is 13. The van der Waals surface area contributed by atoms with Crippen LogP contribution in [0.25, 0.3) is 0 Å². The van der Waals surface area contributed by atoms with E-state index >= 15 is 0 Å². The second-order valence-electron chi connectivity index (χ2n) is 9.84. The molecule has 0 heterocycles. The zero-order chi connectivity index (χ0) is 21.0. The number of carbonyl (C=O) groups excluding carboxylic acids is 1. The maximum absolute atomic E-state index is 12.2. The van der Waals surface area contributed by atoms with Crippen LogP contribution in [0, 0.1) is 0 Å². The minimum absolute atomic E-state index is 0.113. The van der Waals surface area contributed by atoms with Crippen LogP contribution in [0.2, 0.25) is 13.3 Å². The monoisotopic (exact) mass is 505 g/mol. The number of hydrogen-bond acceptors (Lipinski definition) is 3. The van der Waals surface area contributed by atoms with E-state index in [2.05, 4.69) is 26.1 Å². The van der Waals surface area contributed by atoms with E-state index in [0.29, 0.717) is 0 Å². The van der Waals surface area contributed by atoms with E-state index in [9.17, 15) is 4.79 Å². The van der Waals surface area contributed by atoms with Crippen molar-refractivity contribution in [3.8, 4) is 0 Å². The van der Waals surface area contributed by atoms with Gasteiger partial charge in [0.25, 0.3) is 0 Å². The van der Waals surface area contributed by atoms with Gasteiger partial charge in [0, 0.05) is 0 Å². The molecule has 0 aromatic carbocycles. The van der Waals surface area contributed by atoms with Gasteiger partial charge in [0.05, 0.1) is 0 Å². The molecule has 2 unspecified atom stereocenters.